The molecule has 1 aliphatic rings. The van der Waals surface area contributed by atoms with Crippen molar-refractivity contribution in [2.45, 2.75) is 59.4 Å². The minimum Gasteiger partial charge on any atom is -0.319 e. The minimum atomic E-state index is 0.619. The molecule has 1 aliphatic carbocycles. The Balaban J connectivity index is 2.16. The molecule has 1 heterocycles. The van der Waals surface area contributed by atoms with Crippen molar-refractivity contribution in [2.75, 3.05) is 13.6 Å². The van der Waals surface area contributed by atoms with E-state index in [0.29, 0.717) is 6.04 Å². The van der Waals surface area contributed by atoms with E-state index in [1.54, 1.807) is 0 Å². The van der Waals surface area contributed by atoms with Crippen LogP contribution in [0.15, 0.2) is 0 Å². The second-order valence-corrected chi connectivity index (χ2v) is 6.37. The highest BCUT2D eigenvalue weighted by atomic mass is 15.3. The maximum Gasteiger partial charge on any atom is 0.0629 e. The number of nitrogens with one attached hydrogen (secondary N) is 1. The van der Waals surface area contributed by atoms with Crippen LogP contribution in [0, 0.1) is 25.7 Å². The van der Waals surface area contributed by atoms with Gasteiger partial charge in [0.25, 0.3) is 0 Å². The van der Waals surface area contributed by atoms with Crippen molar-refractivity contribution < 1.29 is 0 Å². The molecule has 3 atom stereocenters. The SMILES string of the molecule is CNCCc1c(C)nn(C2CCC(C)C(C)C2)c1C. The Morgan fingerprint density at radius 3 is 2.58 bits per heavy atom. The number of hydrogen-bond donors (Lipinski definition) is 1. The molecule has 0 aliphatic heterocycles. The van der Waals surface area contributed by atoms with Crippen LogP contribution in [0.25, 0.3) is 0 Å². The fraction of sp³-hybridized carbons (Fsp3) is 0.812. The van der Waals surface area contributed by atoms with E-state index in [4.69, 9.17) is 5.10 Å². The zero-order chi connectivity index (χ0) is 14.0. The van der Waals surface area contributed by atoms with E-state index in [0.717, 1.165) is 24.8 Å². The van der Waals surface area contributed by atoms with Gasteiger partial charge in [-0.25, -0.2) is 0 Å². The number of aromatic nitrogens is 2. The summed E-state index contributed by atoms with van der Waals surface area (Å²) < 4.78 is 2.32. The lowest BCUT2D eigenvalue weighted by Crippen LogP contribution is -2.24. The number of hydrogen-bond acceptors (Lipinski definition) is 2. The van der Waals surface area contributed by atoms with Crippen LogP contribution in [0.5, 0.6) is 0 Å². The van der Waals surface area contributed by atoms with Crippen molar-refractivity contribution in [2.24, 2.45) is 11.8 Å². The molecule has 1 aromatic heterocycles. The van der Waals surface area contributed by atoms with Gasteiger partial charge in [-0.15, -0.1) is 0 Å². The van der Waals surface area contributed by atoms with Crippen LogP contribution in [0.1, 0.15) is 56.1 Å². The van der Waals surface area contributed by atoms with Crippen LogP contribution in [0.2, 0.25) is 0 Å². The molecule has 1 saturated carbocycles. The van der Waals surface area contributed by atoms with Crippen LogP contribution < -0.4 is 5.32 Å². The third-order valence-corrected chi connectivity index (χ3v) is 5.02. The second kappa shape index (κ2) is 6.08. The van der Waals surface area contributed by atoms with Crippen LogP contribution in [0.4, 0.5) is 0 Å². The van der Waals surface area contributed by atoms with Gasteiger partial charge < -0.3 is 5.32 Å². The third-order valence-electron chi connectivity index (χ3n) is 5.02. The van der Waals surface area contributed by atoms with Gasteiger partial charge in [0.15, 0.2) is 0 Å². The topological polar surface area (TPSA) is 29.9 Å². The van der Waals surface area contributed by atoms with Crippen LogP contribution in [-0.4, -0.2) is 23.4 Å². The molecule has 0 saturated heterocycles. The molecule has 0 amide bonds. The predicted octanol–water partition coefficient (Wildman–Crippen LogP) is 3.26. The van der Waals surface area contributed by atoms with Crippen molar-refractivity contribution >= 4 is 0 Å². The Bertz CT molecular complexity index is 422. The average molecular weight is 263 g/mol. The largest absolute Gasteiger partial charge is 0.319 e. The molecule has 3 heteroatoms. The van der Waals surface area contributed by atoms with Gasteiger partial charge in [0.2, 0.25) is 0 Å². The first-order chi connectivity index (χ1) is 9.04. The molecular formula is C16H29N3. The first kappa shape index (κ1) is 14.6. The van der Waals surface area contributed by atoms with Gasteiger partial charge >= 0.3 is 0 Å². The molecule has 108 valence electrons. The van der Waals surface area contributed by atoms with Gasteiger partial charge in [-0.2, -0.15) is 5.10 Å². The Morgan fingerprint density at radius 1 is 1.21 bits per heavy atom. The van der Waals surface area contributed by atoms with Crippen molar-refractivity contribution in [1.29, 1.82) is 0 Å². The lowest BCUT2D eigenvalue weighted by molar-refractivity contribution is 0.198. The van der Waals surface area contributed by atoms with E-state index in [-0.39, 0.29) is 0 Å². The average Bonchev–Trinajstić information content (AvgIpc) is 2.66. The summed E-state index contributed by atoms with van der Waals surface area (Å²) in [7, 11) is 2.01. The summed E-state index contributed by atoms with van der Waals surface area (Å²) in [6, 6.07) is 0.619. The summed E-state index contributed by atoms with van der Waals surface area (Å²) in [5, 5.41) is 8.07. The molecule has 0 aromatic carbocycles. The number of rotatable bonds is 4. The van der Waals surface area contributed by atoms with Crippen LogP contribution >= 0.6 is 0 Å². The number of nitrogens with zero attached hydrogens (tertiary/aromatic N) is 2. The predicted molar refractivity (Wildman–Crippen MR) is 80.5 cm³/mol. The fourth-order valence-electron chi connectivity index (χ4n) is 3.41. The summed E-state index contributed by atoms with van der Waals surface area (Å²) in [4.78, 5) is 0. The van der Waals surface area contributed by atoms with Crippen LogP contribution in [0.3, 0.4) is 0 Å². The monoisotopic (exact) mass is 263 g/mol. The lowest BCUT2D eigenvalue weighted by Gasteiger charge is -2.32. The zero-order valence-corrected chi connectivity index (χ0v) is 13.2. The van der Waals surface area contributed by atoms with Gasteiger partial charge in [-0.3, -0.25) is 4.68 Å². The number of aryl methyl sites for hydroxylation is 1. The van der Waals surface area contributed by atoms with E-state index in [1.165, 1.54) is 36.2 Å². The summed E-state index contributed by atoms with van der Waals surface area (Å²) in [6.07, 6.45) is 5.01. The van der Waals surface area contributed by atoms with E-state index in [1.807, 2.05) is 7.05 Å². The first-order valence-electron chi connectivity index (χ1n) is 7.73. The quantitative estimate of drug-likeness (QED) is 0.903. The van der Waals surface area contributed by atoms with Crippen molar-refractivity contribution in [3.63, 3.8) is 0 Å². The minimum absolute atomic E-state index is 0.619. The van der Waals surface area contributed by atoms with Gasteiger partial charge in [0.05, 0.1) is 11.7 Å². The standard InChI is InChI=1S/C16H29N3/c1-11-6-7-15(10-12(11)2)19-14(4)16(8-9-17-5)13(3)18-19/h11-12,15,17H,6-10H2,1-5H3. The number of likely N-dealkylation sites (N-methyl/N-ethyl adjacent to an activating group) is 1. The van der Waals surface area contributed by atoms with Gasteiger partial charge in [0, 0.05) is 5.69 Å². The van der Waals surface area contributed by atoms with Crippen molar-refractivity contribution in [3.05, 3.63) is 17.0 Å². The van der Waals surface area contributed by atoms with E-state index < -0.39 is 0 Å². The molecule has 1 aromatic rings. The summed E-state index contributed by atoms with van der Waals surface area (Å²) in [5.74, 6) is 1.69. The van der Waals surface area contributed by atoms with Crippen molar-refractivity contribution in [1.82, 2.24) is 15.1 Å². The third kappa shape index (κ3) is 3.02. The Hall–Kier alpha value is -0.830. The first-order valence-corrected chi connectivity index (χ1v) is 7.73. The Labute approximate surface area is 117 Å². The van der Waals surface area contributed by atoms with Crippen molar-refractivity contribution in [3.8, 4) is 0 Å². The van der Waals surface area contributed by atoms with E-state index in [2.05, 4.69) is 37.7 Å². The smallest absolute Gasteiger partial charge is 0.0629 e. The normalized spacial score (nSPS) is 27.7. The van der Waals surface area contributed by atoms with Gasteiger partial charge in [0.1, 0.15) is 0 Å². The molecule has 2 rings (SSSR count). The Kier molecular flexibility index (Phi) is 4.67. The molecule has 3 unspecified atom stereocenters. The maximum absolute atomic E-state index is 4.84. The summed E-state index contributed by atoms with van der Waals surface area (Å²) in [5.41, 5.74) is 4.05. The molecule has 1 fully saturated rings. The highest BCUT2D eigenvalue weighted by Gasteiger charge is 2.27. The highest BCUT2D eigenvalue weighted by Crippen LogP contribution is 2.37. The molecule has 19 heavy (non-hydrogen) atoms. The molecule has 0 bridgehead atoms. The second-order valence-electron chi connectivity index (χ2n) is 6.37. The molecule has 0 radical (unpaired) electrons. The lowest BCUT2D eigenvalue weighted by atomic mass is 9.79. The van der Waals surface area contributed by atoms with Gasteiger partial charge in [-0.05, 0) is 70.5 Å². The van der Waals surface area contributed by atoms with E-state index in [9.17, 15) is 0 Å². The Morgan fingerprint density at radius 2 is 1.95 bits per heavy atom. The van der Waals surface area contributed by atoms with E-state index >= 15 is 0 Å². The molecule has 1 N–H and O–H groups in total. The highest BCUT2D eigenvalue weighted by molar-refractivity contribution is 5.25. The molecule has 3 nitrogen and oxygen atoms in total. The summed E-state index contributed by atoms with van der Waals surface area (Å²) in [6.45, 7) is 10.2. The fourth-order valence-corrected chi connectivity index (χ4v) is 3.41. The summed E-state index contributed by atoms with van der Waals surface area (Å²) >= 11 is 0. The van der Waals surface area contributed by atoms with Gasteiger partial charge in [-0.1, -0.05) is 13.8 Å². The maximum atomic E-state index is 4.84. The zero-order valence-electron chi connectivity index (χ0n) is 13.2. The van der Waals surface area contributed by atoms with Crippen LogP contribution in [-0.2, 0) is 6.42 Å². The molecular weight excluding hydrogens is 234 g/mol. The molecule has 0 spiro atoms.